The molecule has 0 fully saturated rings. The first-order valence-electron chi connectivity index (χ1n) is 7.69. The van der Waals surface area contributed by atoms with Crippen molar-refractivity contribution in [2.24, 2.45) is 0 Å². The molecule has 1 aromatic rings. The third-order valence-electron chi connectivity index (χ3n) is 2.85. The Morgan fingerprint density at radius 3 is 2.39 bits per heavy atom. The zero-order valence-electron chi connectivity index (χ0n) is 14.6. The van der Waals surface area contributed by atoms with Gasteiger partial charge in [-0.05, 0) is 18.4 Å². The summed E-state index contributed by atoms with van der Waals surface area (Å²) in [7, 11) is -1.39. The Kier molecular flexibility index (Phi) is 13.2. The molecule has 0 bridgehead atoms. The summed E-state index contributed by atoms with van der Waals surface area (Å²) in [5.41, 5.74) is 6.96. The number of rotatable bonds is 9. The molecule has 0 heterocycles. The molecule has 124 valence electrons. The maximum atomic E-state index is 9.16. The third-order valence-corrected chi connectivity index (χ3v) is 3.95. The number of ether oxygens (including phenoxy) is 1. The van der Waals surface area contributed by atoms with Gasteiger partial charge in [0.15, 0.2) is 0 Å². The van der Waals surface area contributed by atoms with Crippen molar-refractivity contribution in [3.05, 3.63) is 59.3 Å². The molecule has 0 aliphatic rings. The Balaban J connectivity index is 0.00000232. The molecule has 5 heteroatoms. The minimum atomic E-state index is -1.39. The predicted molar refractivity (Wildman–Crippen MR) is 101 cm³/mol. The Bertz CT molecular complexity index is 470. The van der Waals surface area contributed by atoms with Crippen LogP contribution in [0.2, 0.25) is 19.6 Å². The summed E-state index contributed by atoms with van der Waals surface area (Å²) in [6.07, 6.45) is 1.46. The van der Waals surface area contributed by atoms with Gasteiger partial charge in [0, 0.05) is 6.61 Å². The summed E-state index contributed by atoms with van der Waals surface area (Å²) in [4.78, 5) is 0. The number of halogens is 1. The first kappa shape index (κ1) is 22.9. The van der Waals surface area contributed by atoms with E-state index in [0.29, 0.717) is 19.6 Å². The van der Waals surface area contributed by atoms with E-state index in [1.54, 1.807) is 0 Å². The van der Waals surface area contributed by atoms with Crippen molar-refractivity contribution in [3.63, 3.8) is 0 Å². The molecule has 1 rings (SSSR count). The van der Waals surface area contributed by atoms with E-state index >= 15 is 0 Å². The molecule has 0 aromatic heterocycles. The quantitative estimate of drug-likeness (QED) is 0.328. The predicted octanol–water partition coefficient (Wildman–Crippen LogP) is 4.98. The van der Waals surface area contributed by atoms with Crippen LogP contribution < -0.4 is 0 Å². The van der Waals surface area contributed by atoms with Gasteiger partial charge in [-0.2, -0.15) is 0 Å². The first-order chi connectivity index (χ1) is 10.9. The molecule has 0 spiro atoms. The van der Waals surface area contributed by atoms with Crippen LogP contribution in [0.5, 0.6) is 0 Å². The van der Waals surface area contributed by atoms with E-state index in [0.717, 1.165) is 12.0 Å². The van der Waals surface area contributed by atoms with Gasteiger partial charge in [-0.25, -0.2) is 0 Å². The number of aliphatic hydroxyl groups is 1. The Morgan fingerprint density at radius 1 is 1.26 bits per heavy atom. The molecule has 0 saturated heterocycles. The van der Waals surface area contributed by atoms with Crippen molar-refractivity contribution in [1.82, 2.24) is 0 Å². The van der Waals surface area contributed by atoms with Crippen molar-refractivity contribution in [3.8, 4) is 0 Å². The van der Waals surface area contributed by atoms with E-state index in [-0.39, 0.29) is 6.61 Å². The molecule has 0 aliphatic heterocycles. The van der Waals surface area contributed by atoms with Gasteiger partial charge >= 0.3 is 30.0 Å². The van der Waals surface area contributed by atoms with E-state index in [4.69, 9.17) is 9.84 Å². The summed E-state index contributed by atoms with van der Waals surface area (Å²) in [5.74, 6) is 0. The second-order valence-electron chi connectivity index (χ2n) is 6.36. The number of benzene rings is 1. The molecule has 0 amide bonds. The fourth-order valence-corrected chi connectivity index (χ4v) is 3.37. The fraction of sp³-hybridized carbons (Fsp3) is 0.444. The van der Waals surface area contributed by atoms with Gasteiger partial charge in [-0.15, -0.1) is 8.07 Å². The van der Waals surface area contributed by atoms with Gasteiger partial charge < -0.3 is 15.5 Å². The molecule has 2 nitrogen and oxygen atoms in total. The molecule has 0 radical (unpaired) electrons. The van der Waals surface area contributed by atoms with Crippen LogP contribution in [0.25, 0.3) is 0 Å². The SMILES string of the molecule is C=C(COCc1ccccc1)CC(=[C-][Si](C)(C)C)CCO.[Zn+][Br]. The summed E-state index contributed by atoms with van der Waals surface area (Å²) in [6.45, 7) is 12.2. The summed E-state index contributed by atoms with van der Waals surface area (Å²) < 4.78 is 5.70. The van der Waals surface area contributed by atoms with Gasteiger partial charge in [0.1, 0.15) is 0 Å². The second-order valence-corrected chi connectivity index (χ2v) is 11.1. The molecule has 0 aliphatic carbocycles. The average molecular weight is 449 g/mol. The van der Waals surface area contributed by atoms with E-state index in [1.165, 1.54) is 27.5 Å². The average Bonchev–Trinajstić information content (AvgIpc) is 2.49. The first-order valence-corrected chi connectivity index (χ1v) is 18.1. The number of hydrogen-bond donors (Lipinski definition) is 1. The van der Waals surface area contributed by atoms with E-state index in [1.807, 2.05) is 18.2 Å². The van der Waals surface area contributed by atoms with Gasteiger partial charge in [-0.3, -0.25) is 5.57 Å². The molecule has 1 aromatic carbocycles. The molecular weight excluding hydrogens is 422 g/mol. The topological polar surface area (TPSA) is 29.5 Å². The molecule has 23 heavy (non-hydrogen) atoms. The van der Waals surface area contributed by atoms with E-state index in [9.17, 15) is 0 Å². The molecular formula is C18H27BrO2SiZn. The van der Waals surface area contributed by atoms with Crippen LogP contribution in [0.4, 0.5) is 0 Å². The van der Waals surface area contributed by atoms with Crippen molar-refractivity contribution in [2.75, 3.05) is 13.2 Å². The van der Waals surface area contributed by atoms with Gasteiger partial charge in [0.2, 0.25) is 0 Å². The van der Waals surface area contributed by atoms with Crippen molar-refractivity contribution < 1.29 is 26.2 Å². The third kappa shape index (κ3) is 13.0. The van der Waals surface area contributed by atoms with Crippen molar-refractivity contribution in [1.29, 1.82) is 0 Å². The molecule has 0 saturated carbocycles. The van der Waals surface area contributed by atoms with Crippen molar-refractivity contribution in [2.45, 2.75) is 39.1 Å². The van der Waals surface area contributed by atoms with Crippen LogP contribution in [0.15, 0.2) is 48.1 Å². The molecule has 1 N–H and O–H groups in total. The summed E-state index contributed by atoms with van der Waals surface area (Å²) in [6, 6.07) is 10.1. The van der Waals surface area contributed by atoms with Crippen LogP contribution >= 0.6 is 13.6 Å². The molecule has 0 atom stereocenters. The van der Waals surface area contributed by atoms with Crippen LogP contribution in [0, 0.1) is 5.70 Å². The Labute approximate surface area is 159 Å². The van der Waals surface area contributed by atoms with Gasteiger partial charge in [-0.1, -0.05) is 62.1 Å². The minimum absolute atomic E-state index is 0.172. The number of hydrogen-bond acceptors (Lipinski definition) is 2. The van der Waals surface area contributed by atoms with Crippen LogP contribution in [0.1, 0.15) is 18.4 Å². The zero-order valence-corrected chi connectivity index (χ0v) is 20.1. The Morgan fingerprint density at radius 2 is 1.87 bits per heavy atom. The van der Waals surface area contributed by atoms with E-state index in [2.05, 4.69) is 57.7 Å². The fourth-order valence-electron chi connectivity index (χ4n) is 2.10. The van der Waals surface area contributed by atoms with Gasteiger partial charge in [0.25, 0.3) is 0 Å². The van der Waals surface area contributed by atoms with Crippen LogP contribution in [0.3, 0.4) is 0 Å². The van der Waals surface area contributed by atoms with Crippen molar-refractivity contribution >= 4 is 21.7 Å². The summed E-state index contributed by atoms with van der Waals surface area (Å²) >= 11 is 4.25. The second kappa shape index (κ2) is 13.3. The number of aliphatic hydroxyl groups excluding tert-OH is 1. The molecule has 0 unspecified atom stereocenters. The summed E-state index contributed by atoms with van der Waals surface area (Å²) in [5, 5.41) is 9.16. The van der Waals surface area contributed by atoms with Crippen LogP contribution in [-0.4, -0.2) is 26.4 Å². The maximum absolute atomic E-state index is 9.16. The Hall–Kier alpha value is -0.0597. The standard InChI is InChI=1S/C18H27O2Si.BrH.Zn/c1-16(12-18(10-11-19)15-21(2,3)4)13-20-14-17-8-6-5-7-9-17;;/h5-9,19H,1,10-14H2,2-4H3;1H;/q-1;;+2/p-1. The zero-order chi connectivity index (χ0) is 17.7. The van der Waals surface area contributed by atoms with E-state index < -0.39 is 8.07 Å². The van der Waals surface area contributed by atoms with Gasteiger partial charge in [0.05, 0.1) is 13.2 Å². The monoisotopic (exact) mass is 446 g/mol. The normalized spacial score (nSPS) is 11.7. The van der Waals surface area contributed by atoms with Crippen LogP contribution in [-0.2, 0) is 27.7 Å².